The van der Waals surface area contributed by atoms with Crippen LogP contribution in [0.3, 0.4) is 0 Å². The minimum atomic E-state index is -0.163. The van der Waals surface area contributed by atoms with Gasteiger partial charge in [-0.1, -0.05) is 15.9 Å². The second-order valence-corrected chi connectivity index (χ2v) is 7.45. The predicted molar refractivity (Wildman–Crippen MR) is 102 cm³/mol. The first-order chi connectivity index (χ1) is 11.5. The second kappa shape index (κ2) is 9.37. The molecule has 0 aliphatic carbocycles. The van der Waals surface area contributed by atoms with Gasteiger partial charge < -0.3 is 15.5 Å². The molecule has 0 amide bonds. The van der Waals surface area contributed by atoms with Crippen molar-refractivity contribution in [3.05, 3.63) is 34.1 Å². The summed E-state index contributed by atoms with van der Waals surface area (Å²) >= 11 is 3.38. The number of benzene rings is 1. The van der Waals surface area contributed by atoms with Gasteiger partial charge in [0.05, 0.1) is 0 Å². The SMILES string of the molecule is CN=C(NCCc1cc(Br)ccc1F)NC1CCN(C(C)C)CC1. The lowest BCUT2D eigenvalue weighted by molar-refractivity contribution is 0.167. The van der Waals surface area contributed by atoms with Crippen molar-refractivity contribution in [2.45, 2.75) is 45.2 Å². The smallest absolute Gasteiger partial charge is 0.191 e. The zero-order valence-electron chi connectivity index (χ0n) is 14.8. The van der Waals surface area contributed by atoms with Crippen molar-refractivity contribution in [2.24, 2.45) is 4.99 Å². The number of piperidine rings is 1. The summed E-state index contributed by atoms with van der Waals surface area (Å²) in [4.78, 5) is 6.79. The van der Waals surface area contributed by atoms with Gasteiger partial charge in [-0.05, 0) is 56.9 Å². The van der Waals surface area contributed by atoms with E-state index in [-0.39, 0.29) is 5.82 Å². The lowest BCUT2D eigenvalue weighted by Gasteiger charge is -2.35. The first-order valence-electron chi connectivity index (χ1n) is 8.64. The van der Waals surface area contributed by atoms with Crippen molar-refractivity contribution < 1.29 is 4.39 Å². The maximum Gasteiger partial charge on any atom is 0.191 e. The van der Waals surface area contributed by atoms with Crippen LogP contribution < -0.4 is 10.6 Å². The van der Waals surface area contributed by atoms with Crippen molar-refractivity contribution in [3.63, 3.8) is 0 Å². The summed E-state index contributed by atoms with van der Waals surface area (Å²) in [6.45, 7) is 7.38. The van der Waals surface area contributed by atoms with Crippen LogP contribution in [0, 0.1) is 5.82 Å². The van der Waals surface area contributed by atoms with Gasteiger partial charge in [-0.15, -0.1) is 0 Å². The molecule has 0 aromatic heterocycles. The standard InChI is InChI=1S/C18H28BrFN4/c1-13(2)24-10-7-16(8-11-24)23-18(21-3)22-9-6-14-12-15(19)4-5-17(14)20/h4-5,12-13,16H,6-11H2,1-3H3,(H2,21,22,23). The van der Waals surface area contributed by atoms with Crippen molar-refractivity contribution >= 4 is 21.9 Å². The van der Waals surface area contributed by atoms with Gasteiger partial charge in [-0.2, -0.15) is 0 Å². The number of nitrogens with one attached hydrogen (secondary N) is 2. The Balaban J connectivity index is 1.76. The van der Waals surface area contributed by atoms with E-state index >= 15 is 0 Å². The van der Waals surface area contributed by atoms with Crippen LogP contribution in [0.25, 0.3) is 0 Å². The molecule has 0 unspecified atom stereocenters. The van der Waals surface area contributed by atoms with Gasteiger partial charge >= 0.3 is 0 Å². The second-order valence-electron chi connectivity index (χ2n) is 6.53. The maximum atomic E-state index is 13.8. The lowest BCUT2D eigenvalue weighted by Crippen LogP contribution is -2.50. The molecule has 1 heterocycles. The molecule has 2 rings (SSSR count). The number of halogens is 2. The van der Waals surface area contributed by atoms with Crippen LogP contribution in [0.2, 0.25) is 0 Å². The van der Waals surface area contributed by atoms with Gasteiger partial charge in [0.1, 0.15) is 5.82 Å². The number of guanidine groups is 1. The number of rotatable bonds is 5. The monoisotopic (exact) mass is 398 g/mol. The Hall–Kier alpha value is -1.14. The fourth-order valence-electron chi connectivity index (χ4n) is 3.00. The molecule has 24 heavy (non-hydrogen) atoms. The highest BCUT2D eigenvalue weighted by Crippen LogP contribution is 2.16. The average molecular weight is 399 g/mol. The minimum absolute atomic E-state index is 0.163. The van der Waals surface area contributed by atoms with Gasteiger partial charge in [0, 0.05) is 43.2 Å². The molecular weight excluding hydrogens is 371 g/mol. The summed E-state index contributed by atoms with van der Waals surface area (Å²) in [6.07, 6.45) is 2.87. The summed E-state index contributed by atoms with van der Waals surface area (Å²) in [5.41, 5.74) is 0.706. The summed E-state index contributed by atoms with van der Waals surface area (Å²) in [7, 11) is 1.78. The third-order valence-corrected chi connectivity index (χ3v) is 5.01. The predicted octanol–water partition coefficient (Wildman–Crippen LogP) is 3.17. The zero-order valence-corrected chi connectivity index (χ0v) is 16.4. The third kappa shape index (κ3) is 5.74. The van der Waals surface area contributed by atoms with Gasteiger partial charge in [-0.25, -0.2) is 4.39 Å². The number of hydrogen-bond donors (Lipinski definition) is 2. The van der Waals surface area contributed by atoms with Crippen molar-refractivity contribution in [1.29, 1.82) is 0 Å². The van der Waals surface area contributed by atoms with Crippen LogP contribution in [-0.2, 0) is 6.42 Å². The number of likely N-dealkylation sites (tertiary alicyclic amines) is 1. The largest absolute Gasteiger partial charge is 0.356 e. The average Bonchev–Trinajstić information content (AvgIpc) is 2.57. The number of nitrogens with zero attached hydrogens (tertiary/aromatic N) is 2. The van der Waals surface area contributed by atoms with Gasteiger partial charge in [-0.3, -0.25) is 4.99 Å². The van der Waals surface area contributed by atoms with E-state index in [4.69, 9.17) is 0 Å². The van der Waals surface area contributed by atoms with E-state index in [2.05, 4.69) is 50.3 Å². The molecule has 134 valence electrons. The molecule has 6 heteroatoms. The first kappa shape index (κ1) is 19.2. The van der Waals surface area contributed by atoms with E-state index in [1.165, 1.54) is 6.07 Å². The Morgan fingerprint density at radius 3 is 2.71 bits per heavy atom. The molecule has 4 nitrogen and oxygen atoms in total. The molecule has 0 radical (unpaired) electrons. The van der Waals surface area contributed by atoms with E-state index < -0.39 is 0 Å². The fourth-order valence-corrected chi connectivity index (χ4v) is 3.41. The highest BCUT2D eigenvalue weighted by atomic mass is 79.9. The molecular formula is C18H28BrFN4. The van der Waals surface area contributed by atoms with Gasteiger partial charge in [0.2, 0.25) is 0 Å². The Morgan fingerprint density at radius 1 is 1.38 bits per heavy atom. The zero-order chi connectivity index (χ0) is 17.5. The molecule has 1 fully saturated rings. The van der Waals surface area contributed by atoms with Crippen LogP contribution in [0.15, 0.2) is 27.7 Å². The fraction of sp³-hybridized carbons (Fsp3) is 0.611. The molecule has 0 bridgehead atoms. The van der Waals surface area contributed by atoms with Gasteiger partial charge in [0.25, 0.3) is 0 Å². The quantitative estimate of drug-likeness (QED) is 0.590. The number of aliphatic imine (C=N–C) groups is 1. The van der Waals surface area contributed by atoms with Crippen molar-refractivity contribution in [3.8, 4) is 0 Å². The molecule has 1 aromatic rings. The van der Waals surface area contributed by atoms with Crippen LogP contribution in [0.4, 0.5) is 4.39 Å². The molecule has 0 atom stereocenters. The molecule has 1 aromatic carbocycles. The Labute approximate surface area is 153 Å². The highest BCUT2D eigenvalue weighted by molar-refractivity contribution is 9.10. The van der Waals surface area contributed by atoms with E-state index in [1.807, 2.05) is 6.07 Å². The molecule has 1 aliphatic rings. The molecule has 0 saturated carbocycles. The molecule has 1 aliphatic heterocycles. The normalized spacial score (nSPS) is 17.3. The molecule has 2 N–H and O–H groups in total. The molecule has 1 saturated heterocycles. The van der Waals surface area contributed by atoms with Crippen molar-refractivity contribution in [2.75, 3.05) is 26.7 Å². The minimum Gasteiger partial charge on any atom is -0.356 e. The van der Waals surface area contributed by atoms with E-state index in [0.717, 1.165) is 36.4 Å². The summed E-state index contributed by atoms with van der Waals surface area (Å²) in [6, 6.07) is 6.11. The van der Waals surface area contributed by atoms with E-state index in [9.17, 15) is 4.39 Å². The number of hydrogen-bond acceptors (Lipinski definition) is 2. The van der Waals surface area contributed by atoms with Gasteiger partial charge in [0.15, 0.2) is 5.96 Å². The summed E-state index contributed by atoms with van der Waals surface area (Å²) in [5.74, 6) is 0.636. The van der Waals surface area contributed by atoms with E-state index in [1.54, 1.807) is 13.1 Å². The van der Waals surface area contributed by atoms with Crippen molar-refractivity contribution in [1.82, 2.24) is 15.5 Å². The Kier molecular flexibility index (Phi) is 7.49. The highest BCUT2D eigenvalue weighted by Gasteiger charge is 2.21. The maximum absolute atomic E-state index is 13.8. The Morgan fingerprint density at radius 2 is 2.08 bits per heavy atom. The van der Waals surface area contributed by atoms with Crippen LogP contribution in [-0.4, -0.2) is 49.6 Å². The first-order valence-corrected chi connectivity index (χ1v) is 9.44. The summed E-state index contributed by atoms with van der Waals surface area (Å²) in [5, 5.41) is 6.78. The Bertz CT molecular complexity index is 554. The van der Waals surface area contributed by atoms with E-state index in [0.29, 0.717) is 30.6 Å². The van der Waals surface area contributed by atoms with Crippen LogP contribution in [0.5, 0.6) is 0 Å². The lowest BCUT2D eigenvalue weighted by atomic mass is 10.0. The molecule has 0 spiro atoms. The third-order valence-electron chi connectivity index (χ3n) is 4.52. The summed E-state index contributed by atoms with van der Waals surface area (Å²) < 4.78 is 14.7. The van der Waals surface area contributed by atoms with Crippen LogP contribution >= 0.6 is 15.9 Å². The topological polar surface area (TPSA) is 39.7 Å². The van der Waals surface area contributed by atoms with Crippen LogP contribution in [0.1, 0.15) is 32.3 Å².